The molecule has 0 bridgehead atoms. The lowest BCUT2D eigenvalue weighted by Gasteiger charge is -2.44. The first kappa shape index (κ1) is 18.7. The Morgan fingerprint density at radius 2 is 2.23 bits per heavy atom. The van der Waals surface area contributed by atoms with Crippen molar-refractivity contribution in [3.8, 4) is 0 Å². The Bertz CT molecular complexity index is 803. The number of methoxy groups -OCH3 is 1. The summed E-state index contributed by atoms with van der Waals surface area (Å²) in [5, 5.41) is 20.5. The smallest absolute Gasteiger partial charge is 0.337 e. The Kier molecular flexibility index (Phi) is 5.20. The maximum atomic E-state index is 11.7. The highest BCUT2D eigenvalue weighted by atomic mass is 16.5. The van der Waals surface area contributed by atoms with Gasteiger partial charge in [-0.15, -0.1) is 0 Å². The van der Waals surface area contributed by atoms with E-state index < -0.39 is 11.5 Å². The fraction of sp³-hybridized carbons (Fsp3) is 0.579. The number of carbonyl (C=O) groups excluding carboxylic acids is 1. The van der Waals surface area contributed by atoms with Gasteiger partial charge in [-0.3, -0.25) is 0 Å². The molecule has 1 aromatic carbocycles. The minimum Gasteiger partial charge on any atom is -0.465 e. The van der Waals surface area contributed by atoms with Crippen molar-refractivity contribution in [1.29, 1.82) is 0 Å². The van der Waals surface area contributed by atoms with Crippen LogP contribution in [0, 0.1) is 5.41 Å². The van der Waals surface area contributed by atoms with Gasteiger partial charge in [-0.2, -0.15) is 0 Å². The van der Waals surface area contributed by atoms with Crippen LogP contribution >= 0.6 is 0 Å². The number of nitrogens with zero attached hydrogens (tertiary/aromatic N) is 3. The van der Waals surface area contributed by atoms with Gasteiger partial charge in [0.05, 0.1) is 36.4 Å². The Morgan fingerprint density at radius 1 is 1.46 bits per heavy atom. The van der Waals surface area contributed by atoms with Crippen LogP contribution in [0.25, 0.3) is 11.0 Å². The Balaban J connectivity index is 1.89. The number of β-amino-alcohol motifs (C(OH)–C–C–N with tert-alkyl or cyclic N) is 1. The van der Waals surface area contributed by atoms with E-state index in [1.54, 1.807) is 12.1 Å². The molecule has 2 aromatic rings. The minimum absolute atomic E-state index is 0.000870. The molecule has 0 aliphatic carbocycles. The van der Waals surface area contributed by atoms with Gasteiger partial charge in [0.25, 0.3) is 0 Å². The van der Waals surface area contributed by atoms with E-state index in [0.717, 1.165) is 37.3 Å². The molecule has 2 atom stereocenters. The maximum Gasteiger partial charge on any atom is 0.337 e. The summed E-state index contributed by atoms with van der Waals surface area (Å²) in [6.07, 6.45) is 1.85. The molecule has 2 heterocycles. The lowest BCUT2D eigenvalue weighted by molar-refractivity contribution is -0.0374. The van der Waals surface area contributed by atoms with Crippen molar-refractivity contribution in [3.63, 3.8) is 0 Å². The molecule has 1 aromatic heterocycles. The number of aliphatic hydroxyl groups is 2. The van der Waals surface area contributed by atoms with E-state index in [4.69, 9.17) is 4.74 Å². The number of aromatic nitrogens is 2. The van der Waals surface area contributed by atoms with Crippen molar-refractivity contribution in [2.75, 3.05) is 31.7 Å². The van der Waals surface area contributed by atoms with Gasteiger partial charge in [0.1, 0.15) is 0 Å². The summed E-state index contributed by atoms with van der Waals surface area (Å²) in [6.45, 7) is 3.22. The van der Waals surface area contributed by atoms with Crippen molar-refractivity contribution >= 4 is 23.0 Å². The topological polar surface area (TPSA) is 87.8 Å². The highest BCUT2D eigenvalue weighted by Gasteiger charge is 2.42. The number of ether oxygens (including phenoxy) is 1. The first-order valence-corrected chi connectivity index (χ1v) is 9.04. The third kappa shape index (κ3) is 3.05. The number of piperidine rings is 1. The van der Waals surface area contributed by atoms with E-state index in [2.05, 4.69) is 11.9 Å². The molecule has 1 aliphatic heterocycles. The number of rotatable bonds is 5. The van der Waals surface area contributed by atoms with Crippen molar-refractivity contribution in [2.24, 2.45) is 12.5 Å². The van der Waals surface area contributed by atoms with Gasteiger partial charge in [-0.05, 0) is 31.0 Å². The van der Waals surface area contributed by atoms with Crippen molar-refractivity contribution in [1.82, 2.24) is 9.55 Å². The molecule has 1 saturated heterocycles. The number of imidazole rings is 1. The summed E-state index contributed by atoms with van der Waals surface area (Å²) < 4.78 is 6.74. The predicted molar refractivity (Wildman–Crippen MR) is 99.3 cm³/mol. The molecule has 0 radical (unpaired) electrons. The van der Waals surface area contributed by atoms with Crippen LogP contribution in [0.3, 0.4) is 0 Å². The second-order valence-electron chi connectivity index (χ2n) is 7.15. The monoisotopic (exact) mass is 361 g/mol. The minimum atomic E-state index is -0.605. The first-order chi connectivity index (χ1) is 12.5. The van der Waals surface area contributed by atoms with Gasteiger partial charge in [0, 0.05) is 25.6 Å². The zero-order chi connectivity index (χ0) is 18.9. The molecule has 3 rings (SSSR count). The molecule has 2 N–H and O–H groups in total. The van der Waals surface area contributed by atoms with E-state index in [1.165, 1.54) is 7.11 Å². The van der Waals surface area contributed by atoms with Crippen LogP contribution in [0.15, 0.2) is 18.2 Å². The fourth-order valence-electron chi connectivity index (χ4n) is 3.97. The van der Waals surface area contributed by atoms with Gasteiger partial charge in [-0.1, -0.05) is 13.3 Å². The molecular weight excluding hydrogens is 334 g/mol. The Morgan fingerprint density at radius 3 is 2.85 bits per heavy atom. The van der Waals surface area contributed by atoms with Crippen molar-refractivity contribution in [3.05, 3.63) is 23.8 Å². The molecule has 142 valence electrons. The van der Waals surface area contributed by atoms with E-state index >= 15 is 0 Å². The van der Waals surface area contributed by atoms with Gasteiger partial charge in [0.2, 0.25) is 5.95 Å². The summed E-state index contributed by atoms with van der Waals surface area (Å²) >= 11 is 0. The first-order valence-electron chi connectivity index (χ1n) is 9.04. The van der Waals surface area contributed by atoms with E-state index in [9.17, 15) is 15.0 Å². The molecule has 0 amide bonds. The van der Waals surface area contributed by atoms with Crippen LogP contribution in [-0.2, 0) is 11.8 Å². The van der Waals surface area contributed by atoms with Gasteiger partial charge < -0.3 is 24.4 Å². The number of anilines is 1. The Hall–Kier alpha value is -2.12. The average molecular weight is 361 g/mol. The third-order valence-electron chi connectivity index (χ3n) is 5.60. The highest BCUT2D eigenvalue weighted by molar-refractivity contribution is 5.94. The van der Waals surface area contributed by atoms with Crippen molar-refractivity contribution < 1.29 is 19.7 Å². The molecule has 7 nitrogen and oxygen atoms in total. The predicted octanol–water partition coefficient (Wildman–Crippen LogP) is 1.71. The van der Waals surface area contributed by atoms with Crippen molar-refractivity contribution in [2.45, 2.75) is 32.3 Å². The number of carbonyl (C=O) groups is 1. The molecule has 7 heteroatoms. The quantitative estimate of drug-likeness (QED) is 0.789. The normalized spacial score (nSPS) is 23.4. The van der Waals surface area contributed by atoms with E-state index in [1.807, 2.05) is 22.6 Å². The number of hydrogen-bond acceptors (Lipinski definition) is 6. The molecule has 0 saturated carbocycles. The van der Waals surface area contributed by atoms with Crippen LogP contribution in [0.1, 0.15) is 36.5 Å². The SMILES string of the molecule is CCC[C@]1(CO)CCN(c2nc3cc(C(=O)OC)ccc3n2C)C[C@H]1O. The molecule has 0 unspecified atom stereocenters. The zero-order valence-electron chi connectivity index (χ0n) is 15.6. The third-order valence-corrected chi connectivity index (χ3v) is 5.60. The van der Waals surface area contributed by atoms with Crippen LogP contribution in [-0.4, -0.2) is 58.6 Å². The highest BCUT2D eigenvalue weighted by Crippen LogP contribution is 2.37. The summed E-state index contributed by atoms with van der Waals surface area (Å²) in [5.74, 6) is 0.365. The maximum absolute atomic E-state index is 11.7. The second-order valence-corrected chi connectivity index (χ2v) is 7.15. The van der Waals surface area contributed by atoms with Gasteiger partial charge >= 0.3 is 5.97 Å². The summed E-state index contributed by atoms with van der Waals surface area (Å²) in [6, 6.07) is 5.30. The number of aliphatic hydroxyl groups excluding tert-OH is 2. The number of benzene rings is 1. The molecule has 1 aliphatic rings. The summed E-state index contributed by atoms with van der Waals surface area (Å²) in [5.41, 5.74) is 1.67. The van der Waals surface area contributed by atoms with Gasteiger partial charge in [-0.25, -0.2) is 9.78 Å². The van der Waals surface area contributed by atoms with Crippen LogP contribution in [0.4, 0.5) is 5.95 Å². The number of fused-ring (bicyclic) bond motifs is 1. The number of aryl methyl sites for hydroxylation is 1. The molecule has 0 spiro atoms. The van der Waals surface area contributed by atoms with Crippen LogP contribution in [0.2, 0.25) is 0 Å². The van der Waals surface area contributed by atoms with Crippen LogP contribution in [0.5, 0.6) is 0 Å². The summed E-state index contributed by atoms with van der Waals surface area (Å²) in [4.78, 5) is 18.5. The summed E-state index contributed by atoms with van der Waals surface area (Å²) in [7, 11) is 3.28. The number of esters is 1. The molecule has 1 fully saturated rings. The lowest BCUT2D eigenvalue weighted by Crippen LogP contribution is -2.53. The standard InChI is InChI=1S/C19H27N3O4/c1-4-7-19(12-23)8-9-22(11-16(19)24)18-20-14-10-13(17(25)26-3)5-6-15(14)21(18)2/h5-6,10,16,23-24H,4,7-9,11-12H2,1-3H3/t16-,19-/m1/s1. The molecular formula is C19H27N3O4. The van der Waals surface area contributed by atoms with E-state index in [-0.39, 0.29) is 12.6 Å². The second kappa shape index (κ2) is 7.25. The lowest BCUT2D eigenvalue weighted by atomic mass is 9.73. The number of hydrogen-bond donors (Lipinski definition) is 2. The Labute approximate surface area is 153 Å². The largest absolute Gasteiger partial charge is 0.465 e. The molecule has 26 heavy (non-hydrogen) atoms. The van der Waals surface area contributed by atoms with E-state index in [0.29, 0.717) is 17.6 Å². The van der Waals surface area contributed by atoms with Gasteiger partial charge in [0.15, 0.2) is 0 Å². The van der Waals surface area contributed by atoms with Crippen LogP contribution < -0.4 is 4.90 Å². The average Bonchev–Trinajstić information content (AvgIpc) is 2.99. The fourth-order valence-corrected chi connectivity index (χ4v) is 3.97. The zero-order valence-corrected chi connectivity index (χ0v) is 15.6.